The highest BCUT2D eigenvalue weighted by molar-refractivity contribution is 9.10. The third kappa shape index (κ3) is 3.28. The van der Waals surface area contributed by atoms with E-state index in [1.807, 2.05) is 12.1 Å². The molecule has 0 spiro atoms. The number of hydrogen-bond acceptors (Lipinski definition) is 4. The standard InChI is InChI=1S/C11H9BrN2O3S/c12-8-1-3-9(4-2-8)17-11-6-5-10(7-14-11)18(13,15)16/h1-7H,(H2,13,15,16). The van der Waals surface area contributed by atoms with Crippen LogP contribution in [0.4, 0.5) is 0 Å². The van der Waals surface area contributed by atoms with E-state index in [2.05, 4.69) is 20.9 Å². The molecule has 0 atom stereocenters. The molecule has 0 aliphatic carbocycles. The number of pyridine rings is 1. The molecule has 0 aliphatic rings. The Bertz CT molecular complexity index is 639. The van der Waals surface area contributed by atoms with Crippen molar-refractivity contribution in [3.05, 3.63) is 47.1 Å². The van der Waals surface area contributed by atoms with Gasteiger partial charge in [0.05, 0.1) is 6.20 Å². The van der Waals surface area contributed by atoms with Gasteiger partial charge in [0, 0.05) is 10.5 Å². The Morgan fingerprint density at radius 3 is 2.28 bits per heavy atom. The summed E-state index contributed by atoms with van der Waals surface area (Å²) in [6, 6.07) is 9.97. The van der Waals surface area contributed by atoms with E-state index in [1.54, 1.807) is 12.1 Å². The molecule has 94 valence electrons. The van der Waals surface area contributed by atoms with Crippen LogP contribution in [0.1, 0.15) is 0 Å². The Morgan fingerprint density at radius 2 is 1.78 bits per heavy atom. The highest BCUT2D eigenvalue weighted by Gasteiger charge is 2.08. The number of sulfonamides is 1. The van der Waals surface area contributed by atoms with Crippen LogP contribution in [0.15, 0.2) is 52.0 Å². The summed E-state index contributed by atoms with van der Waals surface area (Å²) in [5.74, 6) is 0.902. The molecule has 0 saturated heterocycles. The molecule has 1 aromatic carbocycles. The normalized spacial score (nSPS) is 11.2. The number of hydrogen-bond donors (Lipinski definition) is 1. The molecule has 0 aliphatic heterocycles. The summed E-state index contributed by atoms with van der Waals surface area (Å²) in [5, 5.41) is 4.96. The predicted molar refractivity (Wildman–Crippen MR) is 69.8 cm³/mol. The first-order chi connectivity index (χ1) is 8.45. The van der Waals surface area contributed by atoms with Gasteiger partial charge >= 0.3 is 0 Å². The zero-order valence-corrected chi connectivity index (χ0v) is 11.5. The lowest BCUT2D eigenvalue weighted by Gasteiger charge is -2.05. The average Bonchev–Trinajstić information content (AvgIpc) is 2.32. The Labute approximate surface area is 113 Å². The Morgan fingerprint density at radius 1 is 1.11 bits per heavy atom. The molecule has 2 aromatic rings. The molecule has 0 bridgehead atoms. The molecule has 1 aromatic heterocycles. The lowest BCUT2D eigenvalue weighted by Crippen LogP contribution is -2.12. The maximum atomic E-state index is 11.0. The van der Waals surface area contributed by atoms with Crippen LogP contribution in [0.25, 0.3) is 0 Å². The van der Waals surface area contributed by atoms with Gasteiger partial charge in [0.1, 0.15) is 10.6 Å². The minimum absolute atomic E-state index is 0.0503. The maximum absolute atomic E-state index is 11.0. The number of nitrogens with two attached hydrogens (primary N) is 1. The molecule has 5 nitrogen and oxygen atoms in total. The van der Waals surface area contributed by atoms with Crippen molar-refractivity contribution in [3.63, 3.8) is 0 Å². The quantitative estimate of drug-likeness (QED) is 0.936. The zero-order chi connectivity index (χ0) is 13.2. The average molecular weight is 329 g/mol. The van der Waals surface area contributed by atoms with Gasteiger partial charge in [0.25, 0.3) is 0 Å². The molecule has 0 fully saturated rings. The predicted octanol–water partition coefficient (Wildman–Crippen LogP) is 2.28. The van der Waals surface area contributed by atoms with Crippen molar-refractivity contribution < 1.29 is 13.2 Å². The van der Waals surface area contributed by atoms with E-state index in [1.165, 1.54) is 12.1 Å². The fourth-order valence-corrected chi connectivity index (χ4v) is 1.94. The van der Waals surface area contributed by atoms with E-state index in [9.17, 15) is 8.42 Å². The minimum atomic E-state index is -3.72. The van der Waals surface area contributed by atoms with Crippen LogP contribution in [-0.4, -0.2) is 13.4 Å². The number of benzene rings is 1. The zero-order valence-electron chi connectivity index (χ0n) is 9.08. The van der Waals surface area contributed by atoms with Crippen molar-refractivity contribution >= 4 is 26.0 Å². The molecule has 0 radical (unpaired) electrons. The van der Waals surface area contributed by atoms with Gasteiger partial charge in [-0.1, -0.05) is 15.9 Å². The Balaban J connectivity index is 2.18. The number of nitrogens with zero attached hydrogens (tertiary/aromatic N) is 1. The summed E-state index contributed by atoms with van der Waals surface area (Å²) in [4.78, 5) is 3.82. The fourth-order valence-electron chi connectivity index (χ4n) is 1.22. The molecular weight excluding hydrogens is 320 g/mol. The van der Waals surface area contributed by atoms with Crippen LogP contribution in [0, 0.1) is 0 Å². The lowest BCUT2D eigenvalue weighted by atomic mass is 10.3. The highest BCUT2D eigenvalue weighted by atomic mass is 79.9. The van der Waals surface area contributed by atoms with Crippen LogP contribution in [-0.2, 0) is 10.0 Å². The topological polar surface area (TPSA) is 82.3 Å². The van der Waals surface area contributed by atoms with Crippen LogP contribution in [0.5, 0.6) is 11.6 Å². The van der Waals surface area contributed by atoms with Gasteiger partial charge in [-0.15, -0.1) is 0 Å². The number of rotatable bonds is 3. The maximum Gasteiger partial charge on any atom is 0.239 e. The summed E-state index contributed by atoms with van der Waals surface area (Å²) in [6.45, 7) is 0. The van der Waals surface area contributed by atoms with Gasteiger partial charge in [-0.2, -0.15) is 0 Å². The summed E-state index contributed by atoms with van der Waals surface area (Å²) in [7, 11) is -3.72. The van der Waals surface area contributed by atoms with E-state index in [0.717, 1.165) is 10.7 Å². The van der Waals surface area contributed by atoms with Crippen molar-refractivity contribution in [1.82, 2.24) is 4.98 Å². The summed E-state index contributed by atoms with van der Waals surface area (Å²) in [5.41, 5.74) is 0. The van der Waals surface area contributed by atoms with Crippen LogP contribution in [0.3, 0.4) is 0 Å². The van der Waals surface area contributed by atoms with Crippen molar-refractivity contribution in [2.75, 3.05) is 0 Å². The van der Waals surface area contributed by atoms with E-state index < -0.39 is 10.0 Å². The van der Waals surface area contributed by atoms with Crippen molar-refractivity contribution in [1.29, 1.82) is 0 Å². The van der Waals surface area contributed by atoms with Gasteiger partial charge in [0.2, 0.25) is 15.9 Å². The number of halogens is 1. The third-order valence-corrected chi connectivity index (χ3v) is 3.50. The van der Waals surface area contributed by atoms with E-state index in [-0.39, 0.29) is 4.90 Å². The van der Waals surface area contributed by atoms with E-state index in [0.29, 0.717) is 11.6 Å². The van der Waals surface area contributed by atoms with Crippen molar-refractivity contribution in [2.45, 2.75) is 4.90 Å². The minimum Gasteiger partial charge on any atom is -0.439 e. The highest BCUT2D eigenvalue weighted by Crippen LogP contribution is 2.22. The molecule has 2 N–H and O–H groups in total. The summed E-state index contributed by atoms with van der Waals surface area (Å²) >= 11 is 3.31. The van der Waals surface area contributed by atoms with Crippen molar-refractivity contribution in [2.24, 2.45) is 5.14 Å². The summed E-state index contributed by atoms with van der Waals surface area (Å²) in [6.07, 6.45) is 1.16. The first-order valence-corrected chi connectivity index (χ1v) is 7.21. The van der Waals surface area contributed by atoms with Crippen LogP contribution >= 0.6 is 15.9 Å². The largest absolute Gasteiger partial charge is 0.439 e. The fraction of sp³-hybridized carbons (Fsp3) is 0. The molecular formula is C11H9BrN2O3S. The Kier molecular flexibility index (Phi) is 3.65. The number of ether oxygens (including phenoxy) is 1. The SMILES string of the molecule is NS(=O)(=O)c1ccc(Oc2ccc(Br)cc2)nc1. The molecule has 1 heterocycles. The summed E-state index contributed by atoms with van der Waals surface area (Å²) < 4.78 is 28.4. The van der Waals surface area contributed by atoms with Crippen LogP contribution in [0.2, 0.25) is 0 Å². The van der Waals surface area contributed by atoms with E-state index in [4.69, 9.17) is 9.88 Å². The molecule has 0 unspecified atom stereocenters. The van der Waals surface area contributed by atoms with Gasteiger partial charge in [-0.05, 0) is 30.3 Å². The molecule has 0 amide bonds. The second kappa shape index (κ2) is 5.05. The molecule has 7 heteroatoms. The molecule has 2 rings (SSSR count). The number of aromatic nitrogens is 1. The van der Waals surface area contributed by atoms with Gasteiger partial charge < -0.3 is 4.74 Å². The number of primary sulfonamides is 1. The first kappa shape index (κ1) is 13.0. The first-order valence-electron chi connectivity index (χ1n) is 4.87. The van der Waals surface area contributed by atoms with Gasteiger partial charge in [-0.25, -0.2) is 18.5 Å². The second-order valence-electron chi connectivity index (χ2n) is 3.43. The molecule has 18 heavy (non-hydrogen) atoms. The third-order valence-electron chi connectivity index (χ3n) is 2.07. The van der Waals surface area contributed by atoms with Gasteiger partial charge in [-0.3, -0.25) is 0 Å². The smallest absolute Gasteiger partial charge is 0.239 e. The van der Waals surface area contributed by atoms with E-state index >= 15 is 0 Å². The van der Waals surface area contributed by atoms with Crippen LogP contribution < -0.4 is 9.88 Å². The van der Waals surface area contributed by atoms with Crippen molar-refractivity contribution in [3.8, 4) is 11.6 Å². The lowest BCUT2D eigenvalue weighted by molar-refractivity contribution is 0.462. The monoisotopic (exact) mass is 328 g/mol. The Hall–Kier alpha value is -1.44. The molecule has 0 saturated carbocycles. The second-order valence-corrected chi connectivity index (χ2v) is 5.91. The van der Waals surface area contributed by atoms with Gasteiger partial charge in [0.15, 0.2) is 0 Å².